The van der Waals surface area contributed by atoms with Crippen molar-refractivity contribution in [3.8, 4) is 0 Å². The van der Waals surface area contributed by atoms with E-state index in [1.54, 1.807) is 0 Å². The van der Waals surface area contributed by atoms with Gasteiger partial charge in [-0.25, -0.2) is 0 Å². The predicted molar refractivity (Wildman–Crippen MR) is 31.6 cm³/mol. The summed E-state index contributed by atoms with van der Waals surface area (Å²) in [6.07, 6.45) is 1.01. The largest absolute Gasteiger partial charge is 0.357 e. The van der Waals surface area contributed by atoms with E-state index in [2.05, 4.69) is 10.7 Å². The monoisotopic (exact) mass is 118 g/mol. The molecule has 0 aliphatic rings. The van der Waals surface area contributed by atoms with E-state index in [0.29, 0.717) is 5.96 Å². The van der Waals surface area contributed by atoms with E-state index in [1.807, 2.05) is 0 Å². The van der Waals surface area contributed by atoms with Gasteiger partial charge < -0.3 is 5.73 Å². The van der Waals surface area contributed by atoms with Gasteiger partial charge in [0.05, 0.1) is 13.1 Å². The van der Waals surface area contributed by atoms with Gasteiger partial charge in [-0.2, -0.15) is 0 Å². The Bertz CT molecular complexity index is 74.1. The minimum Gasteiger partial charge on any atom is -0.357 e. The summed E-state index contributed by atoms with van der Waals surface area (Å²) in [5.74, 6) is 0.290. The number of nitrogens with two attached hydrogens (primary N) is 2. The number of hydrogen-bond donors (Lipinski definition) is 4. The van der Waals surface area contributed by atoms with Gasteiger partial charge in [0.15, 0.2) is 0 Å². The summed E-state index contributed by atoms with van der Waals surface area (Å²) in [7, 11) is 0. The summed E-state index contributed by atoms with van der Waals surface area (Å²) in [5, 5.41) is 0. The molecule has 0 bridgehead atoms. The highest BCUT2D eigenvalue weighted by Crippen LogP contribution is 1.54. The Balaban J connectivity index is 3.03. The van der Waals surface area contributed by atoms with Crippen LogP contribution < -0.4 is 22.2 Å². The molecule has 4 heteroatoms. The van der Waals surface area contributed by atoms with E-state index in [0.717, 1.165) is 19.5 Å². The fraction of sp³-hybridized carbons (Fsp3) is 0.750. The minimum atomic E-state index is 0.290. The number of guanidine groups is 1. The van der Waals surface area contributed by atoms with Crippen molar-refractivity contribution in [3.05, 3.63) is 0 Å². The van der Waals surface area contributed by atoms with Crippen LogP contribution in [0.5, 0.6) is 0 Å². The van der Waals surface area contributed by atoms with Crippen molar-refractivity contribution in [2.24, 2.45) is 11.5 Å². The zero-order chi connectivity index (χ0) is 6.41. The average Bonchev–Trinajstić information content (AvgIpc) is 1.66. The first-order valence-electron chi connectivity index (χ1n) is 2.68. The van der Waals surface area contributed by atoms with Crippen molar-refractivity contribution in [2.45, 2.75) is 6.42 Å². The maximum absolute atomic E-state index is 5.10. The van der Waals surface area contributed by atoms with Crippen LogP contribution in [0.15, 0.2) is 0 Å². The summed E-state index contributed by atoms with van der Waals surface area (Å²) in [6, 6.07) is 0. The maximum atomic E-state index is 5.10. The molecule has 0 spiro atoms. The van der Waals surface area contributed by atoms with Crippen LogP contribution in [0, 0.1) is 0 Å². The van der Waals surface area contributed by atoms with Crippen LogP contribution in [0.1, 0.15) is 6.42 Å². The second kappa shape index (κ2) is 4.39. The minimum absolute atomic E-state index is 0.290. The topological polar surface area (TPSA) is 93.7 Å². The average molecular weight is 118 g/mol. The van der Waals surface area contributed by atoms with E-state index in [-0.39, 0.29) is 0 Å². The van der Waals surface area contributed by atoms with Crippen LogP contribution in [0.3, 0.4) is 0 Å². The second-order valence-electron chi connectivity index (χ2n) is 1.59. The Morgan fingerprint density at radius 2 is 2.12 bits per heavy atom. The summed E-state index contributed by atoms with van der Waals surface area (Å²) in [4.78, 5) is 2.78. The lowest BCUT2D eigenvalue weighted by Crippen LogP contribution is -2.78. The van der Waals surface area contributed by atoms with Gasteiger partial charge in [-0.1, -0.05) is 0 Å². The molecule has 0 atom stereocenters. The zero-order valence-corrected chi connectivity index (χ0v) is 4.98. The molecule has 0 aliphatic heterocycles. The Morgan fingerprint density at radius 3 is 2.50 bits per heavy atom. The Morgan fingerprint density at radius 1 is 1.50 bits per heavy atom. The molecule has 0 aromatic heterocycles. The van der Waals surface area contributed by atoms with Crippen LogP contribution >= 0.6 is 0 Å². The highest BCUT2D eigenvalue weighted by Gasteiger charge is 1.84. The summed E-state index contributed by atoms with van der Waals surface area (Å²) < 4.78 is 0. The quantitative estimate of drug-likeness (QED) is 0.172. The molecule has 0 heterocycles. The normalized spacial score (nSPS) is 8.62. The van der Waals surface area contributed by atoms with Crippen LogP contribution in [-0.4, -0.2) is 19.0 Å². The SMILES string of the molecule is NC(N)=[NH+]CCC[NH3+]. The van der Waals surface area contributed by atoms with Gasteiger partial charge in [0.25, 0.3) is 0 Å². The molecule has 0 amide bonds. The van der Waals surface area contributed by atoms with Crippen LogP contribution in [0.4, 0.5) is 0 Å². The van der Waals surface area contributed by atoms with Gasteiger partial charge in [0.2, 0.25) is 0 Å². The molecule has 0 aliphatic carbocycles. The lowest BCUT2D eigenvalue weighted by molar-refractivity contribution is -0.470. The lowest BCUT2D eigenvalue weighted by atomic mass is 10.4. The van der Waals surface area contributed by atoms with Gasteiger partial charge in [-0.05, 0) is 0 Å². The van der Waals surface area contributed by atoms with Crippen molar-refractivity contribution in [3.63, 3.8) is 0 Å². The molecule has 0 saturated heterocycles. The van der Waals surface area contributed by atoms with Crippen molar-refractivity contribution in [1.29, 1.82) is 0 Å². The van der Waals surface area contributed by atoms with Gasteiger partial charge in [0.1, 0.15) is 0 Å². The maximum Gasteiger partial charge on any atom is 0.338 e. The molecule has 0 rings (SSSR count). The van der Waals surface area contributed by atoms with Crippen molar-refractivity contribution in [1.82, 2.24) is 0 Å². The third-order valence-electron chi connectivity index (χ3n) is 0.756. The standard InChI is InChI=1S/C4H12N4/c5-2-1-3-8-4(6)7/h1-3,5H2,(H4,6,7,8)/p+2. The Hall–Kier alpha value is -0.770. The number of rotatable bonds is 3. The molecule has 0 saturated carbocycles. The second-order valence-corrected chi connectivity index (χ2v) is 1.59. The molecular formula is C4H14N4+2. The first-order valence-corrected chi connectivity index (χ1v) is 2.68. The number of quaternary nitrogens is 1. The molecule has 48 valence electrons. The predicted octanol–water partition coefficient (Wildman–Crippen LogP) is -4.03. The Kier molecular flexibility index (Phi) is 3.97. The molecule has 0 radical (unpaired) electrons. The van der Waals surface area contributed by atoms with Crippen molar-refractivity contribution >= 4 is 5.96 Å². The molecule has 8 heavy (non-hydrogen) atoms. The summed E-state index contributed by atoms with van der Waals surface area (Å²) in [5.41, 5.74) is 13.8. The van der Waals surface area contributed by atoms with Crippen LogP contribution in [-0.2, 0) is 0 Å². The van der Waals surface area contributed by atoms with Crippen LogP contribution in [0.25, 0.3) is 0 Å². The Labute approximate surface area is 48.7 Å². The lowest BCUT2D eigenvalue weighted by Gasteiger charge is -1.85. The summed E-state index contributed by atoms with van der Waals surface area (Å²) in [6.45, 7) is 1.74. The highest BCUT2D eigenvalue weighted by atomic mass is 15.0. The number of hydrogen-bond acceptors (Lipinski definition) is 0. The summed E-state index contributed by atoms with van der Waals surface area (Å²) >= 11 is 0. The zero-order valence-electron chi connectivity index (χ0n) is 4.98. The molecule has 0 fully saturated rings. The molecule has 4 nitrogen and oxygen atoms in total. The third-order valence-corrected chi connectivity index (χ3v) is 0.756. The van der Waals surface area contributed by atoms with Gasteiger partial charge >= 0.3 is 5.96 Å². The number of nitrogens with one attached hydrogen (secondary N) is 1. The van der Waals surface area contributed by atoms with E-state index < -0.39 is 0 Å². The molecule has 8 N–H and O–H groups in total. The smallest absolute Gasteiger partial charge is 0.338 e. The first kappa shape index (κ1) is 7.23. The van der Waals surface area contributed by atoms with E-state index in [9.17, 15) is 0 Å². The van der Waals surface area contributed by atoms with Gasteiger partial charge in [-0.3, -0.25) is 16.5 Å². The third kappa shape index (κ3) is 5.23. The fourth-order valence-electron chi connectivity index (χ4n) is 0.358. The van der Waals surface area contributed by atoms with E-state index in [1.165, 1.54) is 0 Å². The van der Waals surface area contributed by atoms with E-state index in [4.69, 9.17) is 11.5 Å². The first-order chi connectivity index (χ1) is 3.77. The van der Waals surface area contributed by atoms with Gasteiger partial charge in [0, 0.05) is 6.42 Å². The van der Waals surface area contributed by atoms with Crippen molar-refractivity contribution in [2.75, 3.05) is 13.1 Å². The fourth-order valence-corrected chi connectivity index (χ4v) is 0.358. The molecule has 0 unspecified atom stereocenters. The van der Waals surface area contributed by atoms with E-state index >= 15 is 0 Å². The molecule has 0 aromatic rings. The molecule has 0 aromatic carbocycles. The van der Waals surface area contributed by atoms with Gasteiger partial charge in [-0.15, -0.1) is 0 Å². The highest BCUT2D eigenvalue weighted by molar-refractivity contribution is 5.69. The van der Waals surface area contributed by atoms with Crippen LogP contribution in [0.2, 0.25) is 0 Å². The molecular weight excluding hydrogens is 104 g/mol. The van der Waals surface area contributed by atoms with Crippen molar-refractivity contribution < 1.29 is 10.7 Å².